The van der Waals surface area contributed by atoms with Crippen molar-refractivity contribution in [2.75, 3.05) is 151 Å². The van der Waals surface area contributed by atoms with Crippen LogP contribution in [0.5, 0.6) is 0 Å². The first-order valence-electron chi connectivity index (χ1n) is 45.9. The summed E-state index contributed by atoms with van der Waals surface area (Å²) in [5.74, 6) is -0.353. The number of hydrogen-bond acceptors (Lipinski definition) is 7. The quantitative estimate of drug-likeness (QED) is 0.266. The molecule has 0 bridgehead atoms. The number of methoxy groups -OCH3 is 2. The number of ether oxygens (including phenoxy) is 5. The molecule has 0 aromatic rings. The van der Waals surface area contributed by atoms with Crippen LogP contribution in [-0.2, 0) is 23.7 Å². The summed E-state index contributed by atoms with van der Waals surface area (Å²) in [5.41, 5.74) is 14.6. The highest BCUT2D eigenvalue weighted by Gasteiger charge is 2.54. The maximum atomic E-state index is 9.37. The zero-order valence-corrected chi connectivity index (χ0v) is 94.0. The molecule has 14 fully saturated rings. The van der Waals surface area contributed by atoms with E-state index in [2.05, 4.69) is 232 Å². The Hall–Kier alpha value is 5.31. The van der Waals surface area contributed by atoms with Crippen molar-refractivity contribution < 1.29 is 33.9 Å². The Kier molecular flexibility index (Phi) is 56.7. The summed E-state index contributed by atoms with van der Waals surface area (Å²) in [5, 5.41) is 20.9. The highest BCUT2D eigenvalue weighted by Crippen LogP contribution is 2.62. The lowest BCUT2D eigenvalue weighted by atomic mass is 10.1. The van der Waals surface area contributed by atoms with Crippen molar-refractivity contribution in [2.24, 2.45) is 0 Å². The van der Waals surface area contributed by atoms with Crippen LogP contribution in [0.15, 0.2) is 0 Å². The van der Waals surface area contributed by atoms with Gasteiger partial charge < -0.3 is 33.9 Å². The van der Waals surface area contributed by atoms with E-state index < -0.39 is 12.2 Å². The molecule has 14 aliphatic heterocycles. The van der Waals surface area contributed by atoms with Gasteiger partial charge in [-0.2, -0.15) is 0 Å². The first kappa shape index (κ1) is 114. The van der Waals surface area contributed by atoms with Crippen molar-refractivity contribution in [3.63, 3.8) is 0 Å². The summed E-state index contributed by atoms with van der Waals surface area (Å²) < 4.78 is 28.1. The van der Waals surface area contributed by atoms with Gasteiger partial charge in [-0.25, -0.2) is 0 Å². The highest BCUT2D eigenvalue weighted by molar-refractivity contribution is 7.62. The van der Waals surface area contributed by atoms with Gasteiger partial charge in [-0.05, 0) is 311 Å². The Balaban J connectivity index is 0.000000417. The maximum Gasteiger partial charge on any atom is 0.163 e. The molecule has 14 aliphatic rings. The minimum absolute atomic E-state index is 0.0723. The van der Waals surface area contributed by atoms with E-state index >= 15 is 0 Å². The number of aliphatic hydroxyl groups is 2. The third-order valence-corrected chi connectivity index (χ3v) is 71.4. The summed E-state index contributed by atoms with van der Waals surface area (Å²) in [6.07, 6.45) is 36.3. The third kappa shape index (κ3) is 38.5. The van der Waals surface area contributed by atoms with E-state index in [1.165, 1.54) is 153 Å². The van der Waals surface area contributed by atoms with Crippen LogP contribution in [0, 0.1) is 0 Å². The van der Waals surface area contributed by atoms with Crippen molar-refractivity contribution in [3.8, 4) is 0 Å². The molecule has 2 N–H and O–H groups in total. The van der Waals surface area contributed by atoms with Gasteiger partial charge in [0.15, 0.2) is 5.79 Å². The van der Waals surface area contributed by atoms with Crippen LogP contribution in [0.1, 0.15) is 289 Å². The van der Waals surface area contributed by atoms with Gasteiger partial charge in [0.25, 0.3) is 0 Å². The molecular formula is C93H197O7P13. The van der Waals surface area contributed by atoms with Crippen LogP contribution >= 0.6 is 103 Å². The van der Waals surface area contributed by atoms with Crippen LogP contribution in [0.2, 0.25) is 0 Å². The summed E-state index contributed by atoms with van der Waals surface area (Å²) >= 11 is 0. The Morgan fingerprint density at radius 3 is 0.814 bits per heavy atom. The topological polar surface area (TPSA) is 86.6 Å². The Labute approximate surface area is 725 Å². The van der Waals surface area contributed by atoms with Crippen molar-refractivity contribution in [3.05, 3.63) is 0 Å². The number of fused-ring (bicyclic) bond motifs is 1. The van der Waals surface area contributed by atoms with Gasteiger partial charge in [-0.15, -0.1) is 71.3 Å². The smallest absolute Gasteiger partial charge is 0.163 e. The number of rotatable bonds is 2. The van der Waals surface area contributed by atoms with E-state index in [4.69, 9.17) is 23.7 Å². The summed E-state index contributed by atoms with van der Waals surface area (Å²) in [7, 11) is 7.72. The van der Waals surface area contributed by atoms with Gasteiger partial charge in [-0.3, -0.25) is 0 Å². The highest BCUT2D eigenvalue weighted by atomic mass is 31.1. The van der Waals surface area contributed by atoms with E-state index in [1.54, 1.807) is 14.2 Å². The molecule has 0 saturated carbocycles. The Morgan fingerprint density at radius 1 is 0.283 bits per heavy atom. The fourth-order valence-electron chi connectivity index (χ4n) is 17.3. The van der Waals surface area contributed by atoms with Crippen molar-refractivity contribution in [1.29, 1.82) is 0 Å². The Bertz CT molecular complexity index is 2300. The molecule has 0 aliphatic carbocycles. The first-order valence-corrected chi connectivity index (χ1v) is 71.4. The van der Waals surface area contributed by atoms with Gasteiger partial charge in [0, 0.05) is 48.2 Å². The van der Waals surface area contributed by atoms with Crippen molar-refractivity contribution >= 4 is 103 Å². The molecule has 0 spiro atoms. The van der Waals surface area contributed by atoms with E-state index in [-0.39, 0.29) is 37.5 Å². The minimum Gasteiger partial charge on any atom is -0.390 e. The van der Waals surface area contributed by atoms with Crippen molar-refractivity contribution in [1.82, 2.24) is 0 Å². The average Bonchev–Trinajstić information content (AvgIpc) is 1.61. The van der Waals surface area contributed by atoms with E-state index in [1.807, 2.05) is 27.7 Å². The predicted molar refractivity (Wildman–Crippen MR) is 551 cm³/mol. The molecule has 14 heterocycles. The fraction of sp³-hybridized carbons (Fsp3) is 1.00. The second-order valence-corrected chi connectivity index (χ2v) is 79.5. The van der Waals surface area contributed by atoms with E-state index in [9.17, 15) is 10.2 Å². The molecule has 7 nitrogen and oxygen atoms in total. The number of hydrogen-bond donors (Lipinski definition) is 2. The normalized spacial score (nSPS) is 43.4. The standard InChI is InChI=1S/C10H19O2P.C9H19O2P.2C8H17P.C7H15O2P.C7H15OP.3C7H15P.3C6H13P.C5H11P/c1-6-8-9(7(2)13(6)5)12-10(3,4)11-8;1-6-8(10-3)9(11-4)7(2)12(6)5;1-8(2)6-4-5-7-9(8)3;1-7-5-4-6-8(2)9(7)3;1-4-6(8)7(9)5(2)10(4)3;1-6-4-8-5-7(2)9(6)3;1-7(2)5-4-6-8(7)3;1-6-4-5-7(2)8(6)3;1-7-5-3-4-6-8(7)2;1-6(2)4-5-7(6)3;1-5-4-6(2)7(5)3;1-6-4-3-5-7(6)2;1-5-3-4-6(5)2/h6-9H,1-5H3;6-9H,1-5H3;4-7H2,1-3H3;7-8H,4-6H2,1-3H3;4-9H,1-3H3;6-7H,4-5H2,1-3H3;4-6H2,1-3H3;6-7H,4-5H2,1-3H3;7H,3-6H2,1-2H3;4-5H2,1-3H3;5-6H,4H2,1-3H3;6H,3-5H2,1-2H3;5H,3-4H2,1-2H3/t2*6-,7-,8+,9+;;7-,8-;4-,5-,6+,7+;6-,7-;;6-,7-;7-,8?;;5-,6-;6-,7?;5-,6?/m00.000.00.000/s1. The molecule has 0 radical (unpaired) electrons. The second kappa shape index (κ2) is 56.0. The monoisotopic (exact) mass is 1830 g/mol. The van der Waals surface area contributed by atoms with Crippen LogP contribution in [0.25, 0.3) is 0 Å². The maximum absolute atomic E-state index is 9.37. The average molecular weight is 1830 g/mol. The van der Waals surface area contributed by atoms with Crippen LogP contribution in [-0.4, -0.2) is 315 Å². The Morgan fingerprint density at radius 2 is 0.602 bits per heavy atom. The molecule has 14 saturated heterocycles. The molecule has 6 unspecified atom stereocenters. The first-order chi connectivity index (χ1) is 52.3. The zero-order valence-electron chi connectivity index (χ0n) is 82.4. The second-order valence-electron chi connectivity index (χ2n) is 40.6. The molecule has 20 heteroatoms. The molecular weight excluding hydrogens is 1630 g/mol. The number of aliphatic hydroxyl groups excluding tert-OH is 2. The van der Waals surface area contributed by atoms with E-state index in [0.717, 1.165) is 85.8 Å². The largest absolute Gasteiger partial charge is 0.390 e. The molecule has 676 valence electrons. The van der Waals surface area contributed by atoms with Gasteiger partial charge in [0.2, 0.25) is 0 Å². The lowest BCUT2D eigenvalue weighted by molar-refractivity contribution is -0.147. The van der Waals surface area contributed by atoms with Gasteiger partial charge in [0.1, 0.15) is 0 Å². The molecule has 0 aromatic heterocycles. The molecule has 0 aromatic carbocycles. The lowest BCUT2D eigenvalue weighted by Crippen LogP contribution is -2.34. The van der Waals surface area contributed by atoms with Gasteiger partial charge in [0.05, 0.1) is 49.8 Å². The fourth-order valence-corrected chi connectivity index (χ4v) is 41.1. The molecule has 0 amide bonds. The minimum atomic E-state index is -0.480. The lowest BCUT2D eigenvalue weighted by Gasteiger charge is -2.42. The molecule has 113 heavy (non-hydrogen) atoms. The summed E-state index contributed by atoms with van der Waals surface area (Å²) in [6, 6.07) is 0. The van der Waals surface area contributed by atoms with Crippen LogP contribution in [0.3, 0.4) is 0 Å². The predicted octanol–water partition coefficient (Wildman–Crippen LogP) is 29.7. The molecule has 14 rings (SSSR count). The zero-order chi connectivity index (χ0) is 86.7. The SMILES string of the molecule is CO[C@H]1[C@H](OC)[C@H](C)P(C)[C@H]1C.CP1CCC1(C)C.CP1CCCC1(C)C.CP1CCCCC1(C)C.C[C@H]1CCCCP1C.C[C@H]1CCCP1C.C[C@H]1CCC[C@H](C)P1C.C[C@H]1CCP1C.C[C@H]1CC[C@H](C)P1C.C[C@H]1COC[C@H](C)P1C.C[C@H]1C[C@H](C)P1C.C[C@H]1[C@@H](O)[C@H](O)[C@H](C)P1C.C[C@H]1[C@H]2OC(C)(C)O[C@@H]2[C@H](C)P1C. The molecule has 29 atom stereocenters. The van der Waals surface area contributed by atoms with Crippen LogP contribution < -0.4 is 0 Å². The van der Waals surface area contributed by atoms with E-state index in [0.29, 0.717) is 135 Å². The van der Waals surface area contributed by atoms with Crippen molar-refractivity contribution in [2.45, 2.75) is 443 Å². The third-order valence-electron chi connectivity index (χ3n) is 31.0. The summed E-state index contributed by atoms with van der Waals surface area (Å²) in [4.78, 5) is 0. The van der Waals surface area contributed by atoms with Gasteiger partial charge in [-0.1, -0.05) is 210 Å². The van der Waals surface area contributed by atoms with Crippen LogP contribution in [0.4, 0.5) is 0 Å². The summed E-state index contributed by atoms with van der Waals surface area (Å²) in [6.45, 7) is 90.8. The van der Waals surface area contributed by atoms with Gasteiger partial charge >= 0.3 is 0 Å².